The Labute approximate surface area is 215 Å². The smallest absolute Gasteiger partial charge is 0.308 e. The molecule has 2 N–H and O–H groups in total. The van der Waals surface area contributed by atoms with Gasteiger partial charge in [0, 0.05) is 6.54 Å². The van der Waals surface area contributed by atoms with Crippen LogP contribution in [0.5, 0.6) is 0 Å². The summed E-state index contributed by atoms with van der Waals surface area (Å²) in [7, 11) is 2.06. The van der Waals surface area contributed by atoms with Crippen LogP contribution in [0, 0.1) is 0 Å². The molecule has 0 unspecified atom stereocenters. The molecule has 0 aliphatic carbocycles. The summed E-state index contributed by atoms with van der Waals surface area (Å²) < 4.78 is 34.5. The molecule has 0 saturated heterocycles. The average molecular weight is 518 g/mol. The molecule has 1 aromatic heterocycles. The van der Waals surface area contributed by atoms with Crippen LogP contribution >= 0.6 is 0 Å². The molecule has 0 fully saturated rings. The topological polar surface area (TPSA) is 132 Å². The molecule has 0 amide bonds. The first-order valence-electron chi connectivity index (χ1n) is 12.7. The van der Waals surface area contributed by atoms with E-state index in [2.05, 4.69) is 22.3 Å². The van der Waals surface area contributed by atoms with Gasteiger partial charge in [0.05, 0.1) is 85.2 Å². The standard InChI is InChI=1S/C24H47N5O7/c1-24(2,3)36-23(30)6-11-31-14-15-33-13-10-29-20-22(26-27-29)21-35-19-18-34-17-16-32-12-9-28(4)8-5-7-25/h20H,5-19,21,25H2,1-4H3. The van der Waals surface area contributed by atoms with E-state index in [0.29, 0.717) is 79.2 Å². The number of hydrogen-bond acceptors (Lipinski definition) is 11. The van der Waals surface area contributed by atoms with E-state index in [1.165, 1.54) is 0 Å². The second kappa shape index (κ2) is 20.4. The highest BCUT2D eigenvalue weighted by molar-refractivity contribution is 5.69. The maximum atomic E-state index is 11.6. The maximum Gasteiger partial charge on any atom is 0.308 e. The molecule has 12 heteroatoms. The third-order valence-electron chi connectivity index (χ3n) is 4.65. The average Bonchev–Trinajstić information content (AvgIpc) is 3.27. The van der Waals surface area contributed by atoms with Gasteiger partial charge in [-0.25, -0.2) is 4.68 Å². The minimum absolute atomic E-state index is 0.232. The molecule has 0 aromatic carbocycles. The number of rotatable bonds is 23. The normalized spacial score (nSPS) is 11.9. The predicted molar refractivity (Wildman–Crippen MR) is 135 cm³/mol. The van der Waals surface area contributed by atoms with Gasteiger partial charge < -0.3 is 39.1 Å². The summed E-state index contributed by atoms with van der Waals surface area (Å²) in [5.41, 5.74) is 5.78. The van der Waals surface area contributed by atoms with Gasteiger partial charge in [0.15, 0.2) is 0 Å². The molecule has 0 spiro atoms. The van der Waals surface area contributed by atoms with Crippen LogP contribution < -0.4 is 5.73 Å². The molecule has 0 bridgehead atoms. The molecule has 0 atom stereocenters. The molecule has 0 saturated carbocycles. The number of aromatic nitrogens is 3. The Morgan fingerprint density at radius 2 is 1.53 bits per heavy atom. The zero-order chi connectivity index (χ0) is 26.5. The van der Waals surface area contributed by atoms with Crippen LogP contribution in [0.4, 0.5) is 0 Å². The Morgan fingerprint density at radius 3 is 2.19 bits per heavy atom. The number of nitrogens with two attached hydrogens (primary N) is 1. The molecule has 1 aromatic rings. The molecule has 210 valence electrons. The number of ether oxygens (including phenoxy) is 6. The summed E-state index contributed by atoms with van der Waals surface area (Å²) in [5.74, 6) is -0.263. The summed E-state index contributed by atoms with van der Waals surface area (Å²) in [6.07, 6.45) is 3.07. The molecule has 36 heavy (non-hydrogen) atoms. The SMILES string of the molecule is CN(CCCN)CCOCCOCCOCc1cn(CCOCCOCCC(=O)OC(C)(C)C)nn1. The number of likely N-dealkylation sites (N-methyl/N-ethyl adjacent to an activating group) is 1. The largest absolute Gasteiger partial charge is 0.460 e. The zero-order valence-corrected chi connectivity index (χ0v) is 22.6. The van der Waals surface area contributed by atoms with Crippen molar-refractivity contribution in [3.05, 3.63) is 11.9 Å². The van der Waals surface area contributed by atoms with Gasteiger partial charge in [0.2, 0.25) is 0 Å². The number of hydrogen-bond donors (Lipinski definition) is 1. The molecular formula is C24H47N5O7. The van der Waals surface area contributed by atoms with Crippen molar-refractivity contribution in [3.8, 4) is 0 Å². The number of nitrogens with zero attached hydrogens (tertiary/aromatic N) is 4. The number of carbonyl (C=O) groups is 1. The summed E-state index contributed by atoms with van der Waals surface area (Å²) in [4.78, 5) is 13.8. The third kappa shape index (κ3) is 19.5. The highest BCUT2D eigenvalue weighted by atomic mass is 16.6. The molecule has 1 heterocycles. The molecular weight excluding hydrogens is 470 g/mol. The van der Waals surface area contributed by atoms with E-state index in [1.54, 1.807) is 4.68 Å². The fourth-order valence-electron chi connectivity index (χ4n) is 2.85. The van der Waals surface area contributed by atoms with Gasteiger partial charge in [-0.1, -0.05) is 5.21 Å². The van der Waals surface area contributed by atoms with Crippen molar-refractivity contribution < 1.29 is 33.2 Å². The number of carbonyl (C=O) groups excluding carboxylic acids is 1. The Hall–Kier alpha value is -1.67. The van der Waals surface area contributed by atoms with Crippen LogP contribution in [0.15, 0.2) is 6.20 Å². The van der Waals surface area contributed by atoms with Gasteiger partial charge in [0.1, 0.15) is 11.3 Å². The van der Waals surface area contributed by atoms with Gasteiger partial charge in [0.25, 0.3) is 0 Å². The van der Waals surface area contributed by atoms with Crippen molar-refractivity contribution in [2.45, 2.75) is 52.4 Å². The minimum Gasteiger partial charge on any atom is -0.460 e. The van der Waals surface area contributed by atoms with Crippen LogP contribution in [0.1, 0.15) is 39.3 Å². The molecule has 0 aliphatic heterocycles. The van der Waals surface area contributed by atoms with Crippen molar-refractivity contribution >= 4 is 5.97 Å². The summed E-state index contributed by atoms with van der Waals surface area (Å²) >= 11 is 0. The molecule has 0 aliphatic rings. The number of esters is 1. The highest BCUT2D eigenvalue weighted by Crippen LogP contribution is 2.08. The van der Waals surface area contributed by atoms with Gasteiger partial charge in [-0.15, -0.1) is 5.10 Å². The van der Waals surface area contributed by atoms with Crippen LogP contribution in [0.2, 0.25) is 0 Å². The van der Waals surface area contributed by atoms with Gasteiger partial charge in [-0.2, -0.15) is 0 Å². The van der Waals surface area contributed by atoms with Crippen molar-refractivity contribution in [2.75, 3.05) is 86.1 Å². The first kappa shape index (κ1) is 32.4. The fraction of sp³-hybridized carbons (Fsp3) is 0.875. The lowest BCUT2D eigenvalue weighted by atomic mass is 10.2. The van der Waals surface area contributed by atoms with Crippen molar-refractivity contribution in [2.24, 2.45) is 5.73 Å². The first-order chi connectivity index (χ1) is 17.3. The Bertz CT molecular complexity index is 670. The van der Waals surface area contributed by atoms with E-state index < -0.39 is 5.60 Å². The van der Waals surface area contributed by atoms with Crippen molar-refractivity contribution in [1.82, 2.24) is 19.9 Å². The first-order valence-corrected chi connectivity index (χ1v) is 12.7. The highest BCUT2D eigenvalue weighted by Gasteiger charge is 2.15. The zero-order valence-electron chi connectivity index (χ0n) is 22.6. The molecule has 0 radical (unpaired) electrons. The lowest BCUT2D eigenvalue weighted by molar-refractivity contribution is -0.156. The van der Waals surface area contributed by atoms with E-state index in [-0.39, 0.29) is 12.4 Å². The third-order valence-corrected chi connectivity index (χ3v) is 4.65. The molecule has 1 rings (SSSR count). The second-order valence-corrected chi connectivity index (χ2v) is 9.26. The summed E-state index contributed by atoms with van der Waals surface area (Å²) in [6.45, 7) is 13.5. The molecule has 12 nitrogen and oxygen atoms in total. The van der Waals surface area contributed by atoms with E-state index in [1.807, 2.05) is 27.0 Å². The van der Waals surface area contributed by atoms with Gasteiger partial charge in [-0.3, -0.25) is 4.79 Å². The minimum atomic E-state index is -0.472. The second-order valence-electron chi connectivity index (χ2n) is 9.26. The van der Waals surface area contributed by atoms with Gasteiger partial charge in [-0.05, 0) is 47.3 Å². The van der Waals surface area contributed by atoms with Crippen molar-refractivity contribution in [1.29, 1.82) is 0 Å². The van der Waals surface area contributed by atoms with E-state index in [9.17, 15) is 4.79 Å². The fourth-order valence-corrected chi connectivity index (χ4v) is 2.85. The van der Waals surface area contributed by atoms with E-state index in [4.69, 9.17) is 34.2 Å². The Morgan fingerprint density at radius 1 is 0.917 bits per heavy atom. The van der Waals surface area contributed by atoms with E-state index in [0.717, 1.165) is 25.2 Å². The Kier molecular flexibility index (Phi) is 18.3. The monoisotopic (exact) mass is 517 g/mol. The van der Waals surface area contributed by atoms with E-state index >= 15 is 0 Å². The summed E-state index contributed by atoms with van der Waals surface area (Å²) in [6, 6.07) is 0. The van der Waals surface area contributed by atoms with Gasteiger partial charge >= 0.3 is 5.97 Å². The lowest BCUT2D eigenvalue weighted by Gasteiger charge is -2.19. The van der Waals surface area contributed by atoms with Crippen LogP contribution in [0.3, 0.4) is 0 Å². The van der Waals surface area contributed by atoms with Crippen LogP contribution in [-0.4, -0.2) is 118 Å². The Balaban J connectivity index is 1.91. The van der Waals surface area contributed by atoms with Crippen molar-refractivity contribution in [3.63, 3.8) is 0 Å². The maximum absolute atomic E-state index is 11.6. The summed E-state index contributed by atoms with van der Waals surface area (Å²) in [5, 5.41) is 8.15. The van der Waals surface area contributed by atoms with Crippen LogP contribution in [-0.2, 0) is 46.4 Å². The van der Waals surface area contributed by atoms with Crippen LogP contribution in [0.25, 0.3) is 0 Å². The predicted octanol–water partition coefficient (Wildman–Crippen LogP) is 0.874. The lowest BCUT2D eigenvalue weighted by Crippen LogP contribution is -2.26. The quantitative estimate of drug-likeness (QED) is 0.164.